The molecule has 0 spiro atoms. The molecule has 1 atom stereocenters. The number of nitrogens with zero attached hydrogens (tertiary/aromatic N) is 1. The van der Waals surface area contributed by atoms with Crippen molar-refractivity contribution in [3.8, 4) is 5.75 Å². The minimum absolute atomic E-state index is 0.0357. The number of amides is 1. The van der Waals surface area contributed by atoms with Crippen LogP contribution in [0.25, 0.3) is 0 Å². The minimum atomic E-state index is -3.42. The van der Waals surface area contributed by atoms with Crippen LogP contribution in [0.3, 0.4) is 0 Å². The van der Waals surface area contributed by atoms with E-state index in [-0.39, 0.29) is 11.9 Å². The molecule has 1 amide bonds. The van der Waals surface area contributed by atoms with E-state index in [0.717, 1.165) is 36.1 Å². The normalized spacial score (nSPS) is 15.9. The molecule has 0 bridgehead atoms. The summed E-state index contributed by atoms with van der Waals surface area (Å²) in [5, 5.41) is 3.01. The molecule has 1 unspecified atom stereocenters. The van der Waals surface area contributed by atoms with Crippen molar-refractivity contribution in [3.63, 3.8) is 0 Å². The van der Waals surface area contributed by atoms with Crippen LogP contribution in [0, 0.1) is 0 Å². The third kappa shape index (κ3) is 6.31. The Morgan fingerprint density at radius 2 is 1.68 bits per heavy atom. The van der Waals surface area contributed by atoms with E-state index >= 15 is 0 Å². The molecule has 6 nitrogen and oxygen atoms in total. The van der Waals surface area contributed by atoms with E-state index in [1.54, 1.807) is 28.6 Å². The van der Waals surface area contributed by atoms with Gasteiger partial charge in [-0.05, 0) is 68.5 Å². The van der Waals surface area contributed by atoms with Gasteiger partial charge in [0.05, 0.1) is 17.5 Å². The second-order valence-corrected chi connectivity index (χ2v) is 9.84. The zero-order valence-electron chi connectivity index (χ0n) is 18.3. The van der Waals surface area contributed by atoms with Gasteiger partial charge in [0, 0.05) is 19.5 Å². The summed E-state index contributed by atoms with van der Waals surface area (Å²) in [6, 6.07) is 14.5. The molecule has 1 N–H and O–H groups in total. The molecule has 0 saturated carbocycles. The number of benzene rings is 2. The first kappa shape index (κ1) is 23.3. The lowest BCUT2D eigenvalue weighted by molar-refractivity contribution is -0.121. The van der Waals surface area contributed by atoms with Gasteiger partial charge >= 0.3 is 0 Å². The molecule has 31 heavy (non-hydrogen) atoms. The number of aryl methyl sites for hydroxylation is 1. The summed E-state index contributed by atoms with van der Waals surface area (Å²) < 4.78 is 32.5. The molecule has 0 radical (unpaired) electrons. The van der Waals surface area contributed by atoms with Crippen LogP contribution < -0.4 is 10.1 Å². The van der Waals surface area contributed by atoms with Gasteiger partial charge in [-0.2, -0.15) is 4.31 Å². The Kier molecular flexibility index (Phi) is 8.09. The number of rotatable bonds is 9. The van der Waals surface area contributed by atoms with Gasteiger partial charge in [-0.1, -0.05) is 30.7 Å². The number of carbonyl (C=O) groups is 1. The largest absolute Gasteiger partial charge is 0.494 e. The van der Waals surface area contributed by atoms with Crippen LogP contribution in [-0.2, 0) is 21.2 Å². The Balaban J connectivity index is 1.50. The van der Waals surface area contributed by atoms with E-state index in [0.29, 0.717) is 37.4 Å². The number of nitrogens with one attached hydrogen (secondary N) is 1. The average Bonchev–Trinajstić information content (AvgIpc) is 2.79. The van der Waals surface area contributed by atoms with E-state index in [1.807, 2.05) is 38.1 Å². The predicted molar refractivity (Wildman–Crippen MR) is 122 cm³/mol. The van der Waals surface area contributed by atoms with Crippen LogP contribution in [-0.4, -0.2) is 38.3 Å². The highest BCUT2D eigenvalue weighted by atomic mass is 32.2. The van der Waals surface area contributed by atoms with Crippen molar-refractivity contribution in [3.05, 3.63) is 59.7 Å². The second-order valence-electron chi connectivity index (χ2n) is 7.90. The zero-order valence-corrected chi connectivity index (χ0v) is 19.2. The number of hydrogen-bond donors (Lipinski definition) is 1. The molecule has 1 saturated heterocycles. The van der Waals surface area contributed by atoms with Crippen molar-refractivity contribution in [1.82, 2.24) is 9.62 Å². The van der Waals surface area contributed by atoms with E-state index in [9.17, 15) is 13.2 Å². The van der Waals surface area contributed by atoms with Gasteiger partial charge in [0.25, 0.3) is 0 Å². The summed E-state index contributed by atoms with van der Waals surface area (Å²) in [7, 11) is -3.42. The summed E-state index contributed by atoms with van der Waals surface area (Å²) in [4.78, 5) is 12.7. The highest BCUT2D eigenvalue weighted by molar-refractivity contribution is 7.89. The van der Waals surface area contributed by atoms with Gasteiger partial charge in [-0.25, -0.2) is 8.42 Å². The SMILES string of the molecule is CCOc1ccc(C(C)NC(=O)CCc2ccc(S(=O)(=O)N3CCCCC3)cc2)cc1. The number of ether oxygens (including phenoxy) is 1. The Hall–Kier alpha value is -2.38. The van der Waals surface area contributed by atoms with E-state index in [2.05, 4.69) is 5.32 Å². The van der Waals surface area contributed by atoms with Gasteiger partial charge in [-0.15, -0.1) is 0 Å². The van der Waals surface area contributed by atoms with Crippen LogP contribution in [0.15, 0.2) is 53.4 Å². The molecule has 0 aromatic heterocycles. The van der Waals surface area contributed by atoms with E-state index in [1.165, 1.54) is 0 Å². The second kappa shape index (κ2) is 10.8. The predicted octanol–water partition coefficient (Wildman–Crippen LogP) is 4.07. The van der Waals surface area contributed by atoms with Crippen LogP contribution in [0.4, 0.5) is 0 Å². The lowest BCUT2D eigenvalue weighted by Crippen LogP contribution is -2.35. The first-order chi connectivity index (χ1) is 14.9. The summed E-state index contributed by atoms with van der Waals surface area (Å²) in [6.45, 7) is 5.70. The molecule has 1 aliphatic rings. The van der Waals surface area contributed by atoms with Crippen molar-refractivity contribution in [2.75, 3.05) is 19.7 Å². The number of carbonyl (C=O) groups excluding carboxylic acids is 1. The van der Waals surface area contributed by atoms with Crippen molar-refractivity contribution in [2.24, 2.45) is 0 Å². The average molecular weight is 445 g/mol. The third-order valence-electron chi connectivity index (χ3n) is 5.59. The van der Waals surface area contributed by atoms with Gasteiger partial charge in [-0.3, -0.25) is 4.79 Å². The minimum Gasteiger partial charge on any atom is -0.494 e. The molecule has 1 heterocycles. The maximum absolute atomic E-state index is 12.7. The fourth-order valence-corrected chi connectivity index (χ4v) is 5.27. The first-order valence-electron chi connectivity index (χ1n) is 11.0. The van der Waals surface area contributed by atoms with Gasteiger partial charge in [0.2, 0.25) is 15.9 Å². The maximum atomic E-state index is 12.7. The topological polar surface area (TPSA) is 75.7 Å². The monoisotopic (exact) mass is 444 g/mol. The third-order valence-corrected chi connectivity index (χ3v) is 7.50. The van der Waals surface area contributed by atoms with Gasteiger partial charge in [0.15, 0.2) is 0 Å². The highest BCUT2D eigenvalue weighted by Gasteiger charge is 2.25. The van der Waals surface area contributed by atoms with Crippen molar-refractivity contribution in [2.45, 2.75) is 56.9 Å². The molecule has 2 aromatic rings. The lowest BCUT2D eigenvalue weighted by atomic mass is 10.1. The van der Waals surface area contributed by atoms with E-state index < -0.39 is 10.0 Å². The molecule has 1 fully saturated rings. The molecule has 3 rings (SSSR count). The zero-order chi connectivity index (χ0) is 22.3. The molecule has 168 valence electrons. The van der Waals surface area contributed by atoms with Crippen LogP contribution in [0.5, 0.6) is 5.75 Å². The number of hydrogen-bond acceptors (Lipinski definition) is 4. The van der Waals surface area contributed by atoms with Gasteiger partial charge < -0.3 is 10.1 Å². The summed E-state index contributed by atoms with van der Waals surface area (Å²) in [5.74, 6) is 0.780. The van der Waals surface area contributed by atoms with Crippen molar-refractivity contribution < 1.29 is 17.9 Å². The van der Waals surface area contributed by atoms with Crippen LogP contribution in [0.2, 0.25) is 0 Å². The Bertz CT molecular complexity index is 950. The maximum Gasteiger partial charge on any atom is 0.243 e. The smallest absolute Gasteiger partial charge is 0.243 e. The lowest BCUT2D eigenvalue weighted by Gasteiger charge is -2.25. The Morgan fingerprint density at radius 1 is 1.03 bits per heavy atom. The number of piperidine rings is 1. The van der Waals surface area contributed by atoms with E-state index in [4.69, 9.17) is 4.74 Å². The highest BCUT2D eigenvalue weighted by Crippen LogP contribution is 2.21. The molecule has 7 heteroatoms. The van der Waals surface area contributed by atoms with Crippen LogP contribution in [0.1, 0.15) is 56.7 Å². The van der Waals surface area contributed by atoms with Crippen molar-refractivity contribution >= 4 is 15.9 Å². The molecular formula is C24H32N2O4S. The molecule has 0 aliphatic carbocycles. The summed E-state index contributed by atoms with van der Waals surface area (Å²) >= 11 is 0. The Labute approximate surface area is 185 Å². The first-order valence-corrected chi connectivity index (χ1v) is 12.5. The Morgan fingerprint density at radius 3 is 2.29 bits per heavy atom. The van der Waals surface area contributed by atoms with Crippen LogP contribution >= 0.6 is 0 Å². The van der Waals surface area contributed by atoms with Crippen molar-refractivity contribution in [1.29, 1.82) is 0 Å². The number of sulfonamides is 1. The quantitative estimate of drug-likeness (QED) is 0.633. The van der Waals surface area contributed by atoms with Gasteiger partial charge in [0.1, 0.15) is 5.75 Å². The fourth-order valence-electron chi connectivity index (χ4n) is 3.76. The molecule has 1 aliphatic heterocycles. The standard InChI is InChI=1S/C24H32N2O4S/c1-3-30-22-12-10-21(11-13-22)19(2)25-24(27)16-9-20-7-14-23(15-8-20)31(28,29)26-17-5-4-6-18-26/h7-8,10-15,19H,3-6,9,16-18H2,1-2H3,(H,25,27). The molecule has 2 aromatic carbocycles. The summed E-state index contributed by atoms with van der Waals surface area (Å²) in [5.41, 5.74) is 1.96. The fraction of sp³-hybridized carbons (Fsp3) is 0.458. The molecular weight excluding hydrogens is 412 g/mol. The summed E-state index contributed by atoms with van der Waals surface area (Å²) in [6.07, 6.45) is 3.83.